The number of hydrogen-bond acceptors (Lipinski definition) is 3. The Labute approximate surface area is 400 Å². The van der Waals surface area contributed by atoms with Gasteiger partial charge in [-0.25, -0.2) is 8.78 Å². The minimum Gasteiger partial charge on any atom is -0.316 e. The van der Waals surface area contributed by atoms with Crippen molar-refractivity contribution >= 4 is 0 Å². The van der Waals surface area contributed by atoms with Crippen LogP contribution in [-0.4, -0.2) is 74.0 Å². The van der Waals surface area contributed by atoms with Crippen LogP contribution in [0, 0.1) is 73.9 Å². The van der Waals surface area contributed by atoms with Gasteiger partial charge in [0.25, 0.3) is 0 Å². The Morgan fingerprint density at radius 3 is 1.31 bits per heavy atom. The maximum Gasteiger partial charge on any atom is 0.103 e. The van der Waals surface area contributed by atoms with Crippen molar-refractivity contribution < 1.29 is 8.78 Å². The maximum absolute atomic E-state index is 13.1. The van der Waals surface area contributed by atoms with Gasteiger partial charge in [-0.1, -0.05) is 144 Å². The zero-order chi connectivity index (χ0) is 48.3. The average Bonchev–Trinajstić information content (AvgIpc) is 3.69. The van der Waals surface area contributed by atoms with Crippen LogP contribution in [0.3, 0.4) is 0 Å². The lowest BCUT2D eigenvalue weighted by atomic mass is 9.79. The number of nitrogens with one attached hydrogen (secondary N) is 1. The van der Waals surface area contributed by atoms with E-state index in [0.717, 1.165) is 74.2 Å². The van der Waals surface area contributed by atoms with Crippen LogP contribution in [0.5, 0.6) is 0 Å². The van der Waals surface area contributed by atoms with Gasteiger partial charge in [0.15, 0.2) is 0 Å². The van der Waals surface area contributed by atoms with Crippen molar-refractivity contribution in [3.05, 3.63) is 0 Å². The molecule has 3 heterocycles. The Bertz CT molecular complexity index is 1220. The molecule has 8 rings (SSSR count). The van der Waals surface area contributed by atoms with Crippen LogP contribution in [0.4, 0.5) is 8.78 Å². The molecule has 380 valence electrons. The molecule has 0 bridgehead atoms. The third-order valence-corrected chi connectivity index (χ3v) is 17.3. The van der Waals surface area contributed by atoms with Crippen molar-refractivity contribution in [2.45, 2.75) is 259 Å². The summed E-state index contributed by atoms with van der Waals surface area (Å²) in [6.45, 7) is 50.7. The van der Waals surface area contributed by atoms with Gasteiger partial charge in [-0.15, -0.1) is 0 Å². The molecule has 64 heavy (non-hydrogen) atoms. The van der Waals surface area contributed by atoms with Crippen LogP contribution in [-0.2, 0) is 0 Å². The highest BCUT2D eigenvalue weighted by atomic mass is 19.1. The SMILES string of the molecule is CC(C)(C)C1CCC(F)C1.CC(C)(C)C1CCCC1.CC(C)(C)C1CCCC1F.CC(C)(C)C1CCCN1CC1CC1.CC(C)(C)C1CCN(CC2CC2)C1.CC(C)(C)C1CCNC1. The van der Waals surface area contributed by atoms with Crippen molar-refractivity contribution in [1.29, 1.82) is 0 Å². The molecule has 5 saturated carbocycles. The maximum atomic E-state index is 13.1. The minimum atomic E-state index is -0.528. The summed E-state index contributed by atoms with van der Waals surface area (Å²) in [5.41, 5.74) is 2.61. The molecule has 0 amide bonds. The second-order valence-electron chi connectivity index (χ2n) is 29.3. The smallest absolute Gasteiger partial charge is 0.103 e. The first-order chi connectivity index (χ1) is 29.4. The molecule has 5 aliphatic carbocycles. The molecule has 7 atom stereocenters. The van der Waals surface area contributed by atoms with Crippen LogP contribution >= 0.6 is 0 Å². The molecule has 0 aromatic heterocycles. The van der Waals surface area contributed by atoms with E-state index in [1.54, 1.807) is 0 Å². The van der Waals surface area contributed by atoms with E-state index in [-0.39, 0.29) is 5.41 Å². The fraction of sp³-hybridized carbons (Fsp3) is 1.00. The van der Waals surface area contributed by atoms with Gasteiger partial charge in [0.05, 0.1) is 0 Å². The van der Waals surface area contributed by atoms with E-state index in [1.165, 1.54) is 123 Å². The lowest BCUT2D eigenvalue weighted by molar-refractivity contribution is 0.136. The molecule has 1 N–H and O–H groups in total. The molecule has 8 fully saturated rings. The van der Waals surface area contributed by atoms with Gasteiger partial charge in [-0.2, -0.15) is 0 Å². The first kappa shape index (κ1) is 58.1. The zero-order valence-corrected chi connectivity index (χ0v) is 46.6. The molecule has 3 aliphatic heterocycles. The Balaban J connectivity index is 0.000000206. The van der Waals surface area contributed by atoms with Gasteiger partial charge in [-0.3, -0.25) is 4.90 Å². The predicted molar refractivity (Wildman–Crippen MR) is 279 cm³/mol. The van der Waals surface area contributed by atoms with Crippen LogP contribution < -0.4 is 5.32 Å². The van der Waals surface area contributed by atoms with Crippen molar-refractivity contribution in [2.75, 3.05) is 45.8 Å². The minimum absolute atomic E-state index is 0.177. The van der Waals surface area contributed by atoms with E-state index in [9.17, 15) is 8.78 Å². The predicted octanol–water partition coefficient (Wildman–Crippen LogP) is 16.9. The fourth-order valence-electron chi connectivity index (χ4n) is 11.8. The number of likely N-dealkylation sites (tertiary alicyclic amines) is 2. The standard InChI is InChI=1S/2C12H23N.2C9H17F.C9H18.C8H17N/c1-12(2,3)11-6-7-13(9-11)8-10-4-5-10;1-12(2,3)11-5-4-8-13(11)9-10-6-7-10;1-9(2,3)7-4-5-8(10)6-7;1-9(2,3)7-5-4-6-8(7)10;1-9(2,3)8-6-4-5-7-8;1-8(2,3)7-4-5-9-6-7/h2*10-11H,4-9H2,1-3H3;2*7-8H,4-6H2,1-3H3;8H,4-7H2,1-3H3;7,9H,4-6H2,1-3H3. The van der Waals surface area contributed by atoms with Crippen molar-refractivity contribution in [2.24, 2.45) is 73.9 Å². The molecule has 0 aromatic carbocycles. The summed E-state index contributed by atoms with van der Waals surface area (Å²) in [6, 6.07) is 0.855. The summed E-state index contributed by atoms with van der Waals surface area (Å²) in [4.78, 5) is 5.44. The second kappa shape index (κ2) is 25.0. The van der Waals surface area contributed by atoms with Gasteiger partial charge >= 0.3 is 0 Å². The number of alkyl halides is 2. The highest BCUT2D eigenvalue weighted by Gasteiger charge is 2.38. The quantitative estimate of drug-likeness (QED) is 0.303. The third-order valence-electron chi connectivity index (χ3n) is 17.3. The molecule has 3 saturated heterocycles. The van der Waals surface area contributed by atoms with Gasteiger partial charge in [0.2, 0.25) is 0 Å². The second-order valence-corrected chi connectivity index (χ2v) is 29.3. The van der Waals surface area contributed by atoms with Gasteiger partial charge in [-0.05, 0) is 196 Å². The largest absolute Gasteiger partial charge is 0.316 e. The molecule has 7 unspecified atom stereocenters. The van der Waals surface area contributed by atoms with E-state index in [4.69, 9.17) is 0 Å². The first-order valence-corrected chi connectivity index (χ1v) is 27.8. The topological polar surface area (TPSA) is 18.5 Å². The molecule has 3 nitrogen and oxygen atoms in total. The van der Waals surface area contributed by atoms with Gasteiger partial charge < -0.3 is 10.2 Å². The first-order valence-electron chi connectivity index (χ1n) is 27.8. The third kappa shape index (κ3) is 22.0. The summed E-state index contributed by atoms with van der Waals surface area (Å²) < 4.78 is 25.8. The average molecular weight is 905 g/mol. The molecule has 0 radical (unpaired) electrons. The van der Waals surface area contributed by atoms with Crippen molar-refractivity contribution in [3.63, 3.8) is 0 Å². The molecular formula is C59H115F2N3. The fourth-order valence-corrected chi connectivity index (χ4v) is 11.8. The number of nitrogens with zero attached hydrogens (tertiary/aromatic N) is 2. The van der Waals surface area contributed by atoms with E-state index in [2.05, 4.69) is 140 Å². The molecule has 0 spiro atoms. The Hall–Kier alpha value is -0.260. The molecular weight excluding hydrogens is 789 g/mol. The van der Waals surface area contributed by atoms with E-state index in [1.807, 2.05) is 0 Å². The summed E-state index contributed by atoms with van der Waals surface area (Å²) >= 11 is 0. The Morgan fingerprint density at radius 1 is 0.438 bits per heavy atom. The Kier molecular flexibility index (Phi) is 22.7. The van der Waals surface area contributed by atoms with E-state index >= 15 is 0 Å². The van der Waals surface area contributed by atoms with Crippen LogP contribution in [0.25, 0.3) is 0 Å². The number of halogens is 2. The molecule has 5 heteroatoms. The highest BCUT2D eigenvalue weighted by Crippen LogP contribution is 2.43. The molecule has 8 aliphatic rings. The van der Waals surface area contributed by atoms with Crippen molar-refractivity contribution in [3.8, 4) is 0 Å². The summed E-state index contributed by atoms with van der Waals surface area (Å²) in [5.74, 6) is 5.90. The lowest BCUT2D eigenvalue weighted by Crippen LogP contribution is -2.40. The number of hydrogen-bond donors (Lipinski definition) is 1. The lowest BCUT2D eigenvalue weighted by Gasteiger charge is -2.35. The van der Waals surface area contributed by atoms with Crippen LogP contribution in [0.2, 0.25) is 0 Å². The zero-order valence-electron chi connectivity index (χ0n) is 46.6. The normalized spacial score (nSPS) is 30.8. The van der Waals surface area contributed by atoms with Crippen LogP contribution in [0.1, 0.15) is 240 Å². The summed E-state index contributed by atoms with van der Waals surface area (Å²) in [5, 5.41) is 3.38. The van der Waals surface area contributed by atoms with Gasteiger partial charge in [0, 0.05) is 25.7 Å². The number of rotatable bonds is 4. The highest BCUT2D eigenvalue weighted by molar-refractivity contribution is 4.92. The Morgan fingerprint density at radius 2 is 0.984 bits per heavy atom. The summed E-state index contributed by atoms with van der Waals surface area (Å²) in [7, 11) is 0. The monoisotopic (exact) mass is 904 g/mol. The van der Waals surface area contributed by atoms with E-state index < -0.39 is 12.3 Å². The van der Waals surface area contributed by atoms with Gasteiger partial charge in [0.1, 0.15) is 12.3 Å². The van der Waals surface area contributed by atoms with Crippen LogP contribution in [0.15, 0.2) is 0 Å². The van der Waals surface area contributed by atoms with E-state index in [0.29, 0.717) is 38.9 Å². The van der Waals surface area contributed by atoms with Crippen molar-refractivity contribution in [1.82, 2.24) is 15.1 Å². The molecule has 0 aromatic rings. The summed E-state index contributed by atoms with van der Waals surface area (Å²) in [6.07, 6.45) is 22.1.